The normalized spacial score (nSPS) is 10.7. The van der Waals surface area contributed by atoms with Crippen LogP contribution in [0, 0.1) is 13.8 Å². The van der Waals surface area contributed by atoms with Gasteiger partial charge < -0.3 is 15.5 Å². The monoisotopic (exact) mass is 464 g/mol. The van der Waals surface area contributed by atoms with Crippen LogP contribution >= 0.6 is 11.3 Å². The number of hydrogen-bond acceptors (Lipinski definition) is 5. The third-order valence-corrected chi connectivity index (χ3v) is 5.78. The summed E-state index contributed by atoms with van der Waals surface area (Å²) in [6.07, 6.45) is 0.101. The van der Waals surface area contributed by atoms with Crippen LogP contribution in [0.1, 0.15) is 41.0 Å². The van der Waals surface area contributed by atoms with Crippen molar-refractivity contribution >= 4 is 39.9 Å². The zero-order chi connectivity index (χ0) is 24.0. The zero-order valence-electron chi connectivity index (χ0n) is 19.2. The van der Waals surface area contributed by atoms with Gasteiger partial charge in [-0.1, -0.05) is 35.4 Å². The molecule has 3 aromatic rings. The van der Waals surface area contributed by atoms with E-state index in [0.717, 1.165) is 16.8 Å². The van der Waals surface area contributed by atoms with Crippen LogP contribution in [0.2, 0.25) is 0 Å². The minimum atomic E-state index is -0.339. The van der Waals surface area contributed by atoms with E-state index in [1.54, 1.807) is 17.5 Å². The number of thiazole rings is 1. The van der Waals surface area contributed by atoms with Crippen molar-refractivity contribution in [2.45, 2.75) is 40.2 Å². The number of nitrogens with zero attached hydrogens (tertiary/aromatic N) is 2. The van der Waals surface area contributed by atoms with Gasteiger partial charge >= 0.3 is 0 Å². The largest absolute Gasteiger partial charge is 0.327 e. The van der Waals surface area contributed by atoms with Crippen molar-refractivity contribution in [1.82, 2.24) is 9.88 Å². The number of carbonyl (C=O) groups is 3. The van der Waals surface area contributed by atoms with Crippen LogP contribution in [0.4, 0.5) is 10.8 Å². The lowest BCUT2D eigenvalue weighted by molar-refractivity contribution is -0.117. The van der Waals surface area contributed by atoms with Crippen molar-refractivity contribution < 1.29 is 14.4 Å². The van der Waals surface area contributed by atoms with E-state index >= 15 is 0 Å². The molecule has 0 saturated heterocycles. The molecule has 0 bridgehead atoms. The molecule has 0 saturated carbocycles. The topological polar surface area (TPSA) is 91.4 Å². The fourth-order valence-electron chi connectivity index (χ4n) is 3.12. The summed E-state index contributed by atoms with van der Waals surface area (Å²) >= 11 is 1.24. The Morgan fingerprint density at radius 3 is 2.12 bits per heavy atom. The number of rotatable bonds is 8. The van der Waals surface area contributed by atoms with E-state index in [1.807, 2.05) is 64.1 Å². The molecule has 7 nitrogen and oxygen atoms in total. The highest BCUT2D eigenvalue weighted by Crippen LogP contribution is 2.17. The second kappa shape index (κ2) is 10.9. The molecule has 2 aromatic carbocycles. The van der Waals surface area contributed by atoms with E-state index in [4.69, 9.17) is 0 Å². The molecule has 3 amide bonds. The first-order chi connectivity index (χ1) is 15.7. The van der Waals surface area contributed by atoms with Crippen LogP contribution in [0.15, 0.2) is 53.9 Å². The molecule has 3 rings (SSSR count). The van der Waals surface area contributed by atoms with E-state index in [9.17, 15) is 14.4 Å². The molecule has 33 heavy (non-hydrogen) atoms. The van der Waals surface area contributed by atoms with Gasteiger partial charge in [0.25, 0.3) is 5.91 Å². The SMILES string of the molecule is Cc1ccc(NC(=O)Cc2csc(NC(=O)CN(C(=O)c3ccc(C)cc3)C(C)C)n2)cc1. The molecular weight excluding hydrogens is 436 g/mol. The van der Waals surface area contributed by atoms with E-state index in [0.29, 0.717) is 16.4 Å². The Kier molecular flexibility index (Phi) is 7.95. The van der Waals surface area contributed by atoms with E-state index in [-0.39, 0.29) is 36.7 Å². The predicted molar refractivity (Wildman–Crippen MR) is 132 cm³/mol. The first kappa shape index (κ1) is 24.1. The van der Waals surface area contributed by atoms with Crippen LogP contribution in [0.25, 0.3) is 0 Å². The summed E-state index contributed by atoms with van der Waals surface area (Å²) in [5.74, 6) is -0.723. The molecule has 0 fully saturated rings. The summed E-state index contributed by atoms with van der Waals surface area (Å²) in [7, 11) is 0. The van der Waals surface area contributed by atoms with Gasteiger partial charge in [0.15, 0.2) is 5.13 Å². The summed E-state index contributed by atoms with van der Waals surface area (Å²) in [5, 5.41) is 7.70. The number of anilines is 2. The third-order valence-electron chi connectivity index (χ3n) is 4.97. The van der Waals surface area contributed by atoms with Crippen LogP contribution in [-0.4, -0.2) is 40.2 Å². The number of benzene rings is 2. The Morgan fingerprint density at radius 2 is 1.52 bits per heavy atom. The highest BCUT2D eigenvalue weighted by Gasteiger charge is 2.22. The van der Waals surface area contributed by atoms with Gasteiger partial charge in [-0.25, -0.2) is 4.98 Å². The smallest absolute Gasteiger partial charge is 0.254 e. The Morgan fingerprint density at radius 1 is 0.909 bits per heavy atom. The van der Waals surface area contributed by atoms with Crippen molar-refractivity contribution in [1.29, 1.82) is 0 Å². The van der Waals surface area contributed by atoms with E-state index < -0.39 is 0 Å². The van der Waals surface area contributed by atoms with Crippen LogP contribution < -0.4 is 10.6 Å². The summed E-state index contributed by atoms with van der Waals surface area (Å²) in [6.45, 7) is 7.58. The molecular formula is C25H28N4O3S. The minimum absolute atomic E-state index is 0.0901. The lowest BCUT2D eigenvalue weighted by Gasteiger charge is -2.26. The van der Waals surface area contributed by atoms with Gasteiger partial charge in [-0.15, -0.1) is 11.3 Å². The molecule has 0 spiro atoms. The number of amides is 3. The predicted octanol–water partition coefficient (Wildman–Crippen LogP) is 4.43. The minimum Gasteiger partial charge on any atom is -0.327 e. The van der Waals surface area contributed by atoms with Gasteiger partial charge in [0, 0.05) is 22.7 Å². The Labute approximate surface area is 197 Å². The Bertz CT molecular complexity index is 1120. The van der Waals surface area contributed by atoms with Crippen molar-refractivity contribution in [2.75, 3.05) is 17.2 Å². The maximum atomic E-state index is 12.9. The van der Waals surface area contributed by atoms with Gasteiger partial charge in [-0.3, -0.25) is 14.4 Å². The summed E-state index contributed by atoms with van der Waals surface area (Å²) in [4.78, 5) is 43.6. The first-order valence-corrected chi connectivity index (χ1v) is 11.6. The average Bonchev–Trinajstić information content (AvgIpc) is 3.19. The molecule has 2 N–H and O–H groups in total. The van der Waals surface area contributed by atoms with Gasteiger partial charge in [-0.05, 0) is 52.0 Å². The molecule has 0 radical (unpaired) electrons. The quantitative estimate of drug-likeness (QED) is 0.516. The van der Waals surface area contributed by atoms with Crippen molar-refractivity contribution in [2.24, 2.45) is 0 Å². The number of aryl methyl sites for hydroxylation is 2. The van der Waals surface area contributed by atoms with Gasteiger partial charge in [0.2, 0.25) is 11.8 Å². The molecule has 0 aliphatic carbocycles. The van der Waals surface area contributed by atoms with E-state index in [1.165, 1.54) is 16.2 Å². The van der Waals surface area contributed by atoms with Crippen LogP contribution in [-0.2, 0) is 16.0 Å². The Hall–Kier alpha value is -3.52. The lowest BCUT2D eigenvalue weighted by Crippen LogP contribution is -2.42. The van der Waals surface area contributed by atoms with Crippen molar-refractivity contribution in [3.8, 4) is 0 Å². The summed E-state index contributed by atoms with van der Waals surface area (Å²) < 4.78 is 0. The van der Waals surface area contributed by atoms with Crippen molar-refractivity contribution in [3.05, 3.63) is 76.3 Å². The highest BCUT2D eigenvalue weighted by molar-refractivity contribution is 7.13. The number of aromatic nitrogens is 1. The van der Waals surface area contributed by atoms with Crippen molar-refractivity contribution in [3.63, 3.8) is 0 Å². The summed E-state index contributed by atoms with van der Waals surface area (Å²) in [6, 6.07) is 14.7. The fraction of sp³-hybridized carbons (Fsp3) is 0.280. The fourth-order valence-corrected chi connectivity index (χ4v) is 3.84. The van der Waals surface area contributed by atoms with Crippen LogP contribution in [0.3, 0.4) is 0 Å². The first-order valence-electron chi connectivity index (χ1n) is 10.7. The average molecular weight is 465 g/mol. The number of hydrogen-bond donors (Lipinski definition) is 2. The molecule has 0 aliphatic rings. The third kappa shape index (κ3) is 6.98. The molecule has 1 aromatic heterocycles. The molecule has 1 heterocycles. The lowest BCUT2D eigenvalue weighted by atomic mass is 10.1. The molecule has 0 atom stereocenters. The van der Waals surface area contributed by atoms with E-state index in [2.05, 4.69) is 15.6 Å². The maximum absolute atomic E-state index is 12.9. The molecule has 8 heteroatoms. The molecule has 0 unspecified atom stereocenters. The zero-order valence-corrected chi connectivity index (χ0v) is 20.0. The van der Waals surface area contributed by atoms with Gasteiger partial charge in [0.1, 0.15) is 6.54 Å². The second-order valence-electron chi connectivity index (χ2n) is 8.18. The highest BCUT2D eigenvalue weighted by atomic mass is 32.1. The van der Waals surface area contributed by atoms with Gasteiger partial charge in [-0.2, -0.15) is 0 Å². The number of nitrogens with one attached hydrogen (secondary N) is 2. The Balaban J connectivity index is 1.56. The second-order valence-corrected chi connectivity index (χ2v) is 9.03. The van der Waals surface area contributed by atoms with Gasteiger partial charge in [0.05, 0.1) is 12.1 Å². The number of carbonyl (C=O) groups excluding carboxylic acids is 3. The summed E-state index contributed by atoms with van der Waals surface area (Å²) in [5.41, 5.74) is 4.01. The standard InChI is InChI=1S/C25H28N4O3S/c1-16(2)29(24(32)19-9-5-17(3)6-10-19)14-23(31)28-25-27-21(15-33-25)13-22(30)26-20-11-7-18(4)8-12-20/h5-12,15-16H,13-14H2,1-4H3,(H,26,30)(H,27,28,31). The van der Waals surface area contributed by atoms with Crippen LogP contribution in [0.5, 0.6) is 0 Å². The molecule has 172 valence electrons. The maximum Gasteiger partial charge on any atom is 0.254 e. The molecule has 0 aliphatic heterocycles.